The van der Waals surface area contributed by atoms with E-state index < -0.39 is 17.9 Å². The molecule has 0 aromatic heterocycles. The first-order valence-corrected chi connectivity index (χ1v) is 16.1. The molecule has 1 aliphatic rings. The number of hydrogen-bond acceptors (Lipinski definition) is 5. The highest BCUT2D eigenvalue weighted by atomic mass is 32.2. The van der Waals surface area contributed by atoms with Gasteiger partial charge in [0.1, 0.15) is 0 Å². The van der Waals surface area contributed by atoms with Crippen molar-refractivity contribution in [2.45, 2.75) is 90.7 Å². The third kappa shape index (κ3) is 9.99. The lowest BCUT2D eigenvalue weighted by Gasteiger charge is -2.26. The van der Waals surface area contributed by atoms with Crippen LogP contribution in [0.2, 0.25) is 0 Å². The van der Waals surface area contributed by atoms with Crippen molar-refractivity contribution in [3.8, 4) is 11.1 Å². The zero-order chi connectivity index (χ0) is 28.0. The molecule has 0 heterocycles. The summed E-state index contributed by atoms with van der Waals surface area (Å²) in [7, 11) is 0. The minimum absolute atomic E-state index is 0.320. The number of aliphatic carboxylic acids is 1. The van der Waals surface area contributed by atoms with Gasteiger partial charge in [0.15, 0.2) is 0 Å². The van der Waals surface area contributed by atoms with Crippen LogP contribution in [0.3, 0.4) is 0 Å². The number of amides is 1. The molecule has 2 aromatic rings. The van der Waals surface area contributed by atoms with E-state index >= 15 is 0 Å². The summed E-state index contributed by atoms with van der Waals surface area (Å²) in [4.78, 5) is 24.9. The Kier molecular flexibility index (Phi) is 13.4. The van der Waals surface area contributed by atoms with Crippen LogP contribution in [0.15, 0.2) is 42.5 Å². The summed E-state index contributed by atoms with van der Waals surface area (Å²) >= 11 is 1.54. The molecule has 2 aromatic carbocycles. The number of thioether (sulfide) groups is 1. The Hall–Kier alpha value is -2.31. The van der Waals surface area contributed by atoms with E-state index in [0.717, 1.165) is 34.8 Å². The maximum Gasteiger partial charge on any atom is 0.252 e. The number of ether oxygens (including phenoxy) is 1. The lowest BCUT2D eigenvalue weighted by molar-refractivity contribution is -0.308. The second kappa shape index (κ2) is 16.7. The van der Waals surface area contributed by atoms with Gasteiger partial charge < -0.3 is 20.0 Å². The molecule has 39 heavy (non-hydrogen) atoms. The lowest BCUT2D eigenvalue weighted by atomic mass is 9.81. The van der Waals surface area contributed by atoms with E-state index in [1.54, 1.807) is 17.8 Å². The molecule has 2 atom stereocenters. The molecule has 0 saturated heterocycles. The van der Waals surface area contributed by atoms with Gasteiger partial charge in [0.25, 0.3) is 5.91 Å². The number of benzene rings is 2. The molecule has 0 bridgehead atoms. The monoisotopic (exact) mass is 552 g/mol. The van der Waals surface area contributed by atoms with Gasteiger partial charge >= 0.3 is 0 Å². The maximum atomic E-state index is 13.3. The number of carboxylic acid groups (broad SMARTS) is 1. The molecular weight excluding hydrogens is 506 g/mol. The first-order chi connectivity index (χ1) is 18.9. The Morgan fingerprint density at radius 1 is 1.08 bits per heavy atom. The van der Waals surface area contributed by atoms with E-state index in [2.05, 4.69) is 12.2 Å². The summed E-state index contributed by atoms with van der Waals surface area (Å²) in [6, 6.07) is 12.7. The van der Waals surface area contributed by atoms with Crippen LogP contribution in [0.4, 0.5) is 0 Å². The SMILES string of the molecule is CCCC[C@@H](COCc1ccc(C(=O)N[C@@H](CCSC)C(=O)[O-])c(-c2ccccc2C)c1)CC1CCCCC1. The summed E-state index contributed by atoms with van der Waals surface area (Å²) in [6.07, 6.45) is 14.0. The Labute approximate surface area is 239 Å². The van der Waals surface area contributed by atoms with E-state index in [9.17, 15) is 14.7 Å². The van der Waals surface area contributed by atoms with Gasteiger partial charge in [0, 0.05) is 12.2 Å². The van der Waals surface area contributed by atoms with Gasteiger partial charge in [-0.3, -0.25) is 4.79 Å². The number of nitrogens with one attached hydrogen (secondary N) is 1. The van der Waals surface area contributed by atoms with Crippen LogP contribution in [0.5, 0.6) is 0 Å². The third-order valence-corrected chi connectivity index (χ3v) is 8.59. The third-order valence-electron chi connectivity index (χ3n) is 7.94. The first kappa shape index (κ1) is 31.2. The van der Waals surface area contributed by atoms with Crippen LogP contribution in [0.1, 0.15) is 92.6 Å². The second-order valence-electron chi connectivity index (χ2n) is 11.1. The Bertz CT molecular complexity index is 1050. The van der Waals surface area contributed by atoms with Gasteiger partial charge in [-0.05, 0) is 84.4 Å². The molecule has 1 saturated carbocycles. The first-order valence-electron chi connectivity index (χ1n) is 14.7. The summed E-state index contributed by atoms with van der Waals surface area (Å²) in [5, 5.41) is 14.3. The van der Waals surface area contributed by atoms with Crippen molar-refractivity contribution in [1.29, 1.82) is 0 Å². The van der Waals surface area contributed by atoms with Gasteiger partial charge in [-0.1, -0.05) is 82.2 Å². The molecule has 3 rings (SSSR count). The predicted octanol–water partition coefficient (Wildman–Crippen LogP) is 6.56. The molecule has 1 fully saturated rings. The maximum absolute atomic E-state index is 13.3. The number of aryl methyl sites for hydroxylation is 1. The highest BCUT2D eigenvalue weighted by Crippen LogP contribution is 2.32. The molecule has 1 aliphatic carbocycles. The fourth-order valence-corrected chi connectivity index (χ4v) is 6.17. The predicted molar refractivity (Wildman–Crippen MR) is 160 cm³/mol. The van der Waals surface area contributed by atoms with Crippen molar-refractivity contribution in [2.75, 3.05) is 18.6 Å². The molecule has 5 nitrogen and oxygen atoms in total. The zero-order valence-electron chi connectivity index (χ0n) is 24.0. The zero-order valence-corrected chi connectivity index (χ0v) is 24.8. The van der Waals surface area contributed by atoms with E-state index in [-0.39, 0.29) is 0 Å². The summed E-state index contributed by atoms with van der Waals surface area (Å²) in [5.74, 6) is 0.404. The van der Waals surface area contributed by atoms with Crippen LogP contribution < -0.4 is 10.4 Å². The number of unbranched alkanes of at least 4 members (excludes halogenated alkanes) is 1. The van der Waals surface area contributed by atoms with E-state index in [1.165, 1.54) is 57.8 Å². The van der Waals surface area contributed by atoms with Gasteiger partial charge in [-0.15, -0.1) is 0 Å². The molecule has 214 valence electrons. The smallest absolute Gasteiger partial charge is 0.252 e. The van der Waals surface area contributed by atoms with Crippen molar-refractivity contribution in [3.63, 3.8) is 0 Å². The molecule has 6 heteroatoms. The highest BCUT2D eigenvalue weighted by molar-refractivity contribution is 7.98. The van der Waals surface area contributed by atoms with Crippen LogP contribution in [0.25, 0.3) is 11.1 Å². The lowest BCUT2D eigenvalue weighted by Crippen LogP contribution is -2.48. The van der Waals surface area contributed by atoms with Crippen molar-refractivity contribution in [2.24, 2.45) is 11.8 Å². The molecule has 0 unspecified atom stereocenters. The van der Waals surface area contributed by atoms with Gasteiger partial charge in [0.05, 0.1) is 18.6 Å². The van der Waals surface area contributed by atoms with Crippen LogP contribution in [-0.2, 0) is 16.1 Å². The van der Waals surface area contributed by atoms with Crippen molar-refractivity contribution in [1.82, 2.24) is 5.32 Å². The number of rotatable bonds is 16. The number of carbonyl (C=O) groups excluding carboxylic acids is 2. The fraction of sp³-hybridized carbons (Fsp3) is 0.576. The standard InChI is InChI=1S/C33H47NO4S/c1-4-5-12-26(20-25-13-7-6-8-14-25)22-38-23-27-16-17-29(30(21-27)28-15-10-9-11-24(28)2)32(35)34-31(33(36)37)18-19-39-3/h9-11,15-17,21,25-26,31H,4-8,12-14,18-20,22-23H2,1-3H3,(H,34,35)(H,36,37)/p-1/t26-,31+/m1/s1. The molecule has 0 radical (unpaired) electrons. The van der Waals surface area contributed by atoms with Crippen LogP contribution in [-0.4, -0.2) is 36.5 Å². The van der Waals surface area contributed by atoms with E-state index in [1.807, 2.05) is 49.6 Å². The van der Waals surface area contributed by atoms with Crippen LogP contribution in [0, 0.1) is 18.8 Å². The Balaban J connectivity index is 1.75. The topological polar surface area (TPSA) is 78.5 Å². The second-order valence-corrected chi connectivity index (χ2v) is 12.1. The number of carboxylic acids is 1. The summed E-state index contributed by atoms with van der Waals surface area (Å²) in [5.41, 5.74) is 4.27. The quantitative estimate of drug-likeness (QED) is 0.255. The van der Waals surface area contributed by atoms with Gasteiger partial charge in [-0.2, -0.15) is 11.8 Å². The van der Waals surface area contributed by atoms with Crippen LogP contribution >= 0.6 is 11.8 Å². The fourth-order valence-electron chi connectivity index (χ4n) is 5.70. The minimum atomic E-state index is -1.26. The average molecular weight is 553 g/mol. The molecule has 1 N–H and O–H groups in total. The Morgan fingerprint density at radius 2 is 1.85 bits per heavy atom. The van der Waals surface area contributed by atoms with Crippen molar-refractivity contribution >= 4 is 23.6 Å². The van der Waals surface area contributed by atoms with Gasteiger partial charge in [0.2, 0.25) is 0 Å². The van der Waals surface area contributed by atoms with E-state index in [0.29, 0.717) is 30.3 Å². The molecule has 0 aliphatic heterocycles. The van der Waals surface area contributed by atoms with Gasteiger partial charge in [-0.25, -0.2) is 0 Å². The number of carbonyl (C=O) groups is 2. The van der Waals surface area contributed by atoms with Crippen molar-refractivity contribution in [3.05, 3.63) is 59.2 Å². The number of hydrogen-bond donors (Lipinski definition) is 1. The highest BCUT2D eigenvalue weighted by Gasteiger charge is 2.21. The summed E-state index contributed by atoms with van der Waals surface area (Å²) < 4.78 is 6.29. The molecule has 0 spiro atoms. The molecular formula is C33H46NO4S-. The average Bonchev–Trinajstić information content (AvgIpc) is 2.94. The molecule has 1 amide bonds. The minimum Gasteiger partial charge on any atom is -0.548 e. The normalized spacial score (nSPS) is 15.6. The largest absolute Gasteiger partial charge is 0.548 e. The van der Waals surface area contributed by atoms with E-state index in [4.69, 9.17) is 4.74 Å². The summed E-state index contributed by atoms with van der Waals surface area (Å²) in [6.45, 7) is 5.53. The Morgan fingerprint density at radius 3 is 2.54 bits per heavy atom. The van der Waals surface area contributed by atoms with Crippen molar-refractivity contribution < 1.29 is 19.4 Å².